The molecular weight excluding hydrogens is 180 g/mol. The van der Waals surface area contributed by atoms with E-state index in [1.165, 1.54) is 0 Å². The van der Waals surface area contributed by atoms with Crippen molar-refractivity contribution in [3.05, 3.63) is 29.8 Å². The fraction of sp³-hybridized carbons (Fsp3) is 0.400. The van der Waals surface area contributed by atoms with Crippen LogP contribution in [-0.4, -0.2) is 22.9 Å². The minimum absolute atomic E-state index is 0.0206. The summed E-state index contributed by atoms with van der Waals surface area (Å²) >= 11 is 0. The molecule has 0 fully saturated rings. The van der Waals surface area contributed by atoms with Gasteiger partial charge in [0.05, 0.1) is 6.10 Å². The number of aliphatic hydroxyl groups excluding tert-OH is 2. The molecule has 0 spiro atoms. The molecule has 0 aromatic heterocycles. The van der Waals surface area contributed by atoms with Gasteiger partial charge >= 0.3 is 0 Å². The largest absolute Gasteiger partial charge is 0.399 e. The number of benzene rings is 1. The SMILES string of the molecule is Nc1ccc(C(O)C(N)CCO)cc1. The topological polar surface area (TPSA) is 92.5 Å². The summed E-state index contributed by atoms with van der Waals surface area (Å²) in [6, 6.07) is 6.45. The van der Waals surface area contributed by atoms with Gasteiger partial charge in [-0.2, -0.15) is 0 Å². The molecule has 2 unspecified atom stereocenters. The Kier molecular flexibility index (Phi) is 3.88. The lowest BCUT2D eigenvalue weighted by molar-refractivity contribution is 0.129. The van der Waals surface area contributed by atoms with Gasteiger partial charge in [0.1, 0.15) is 0 Å². The Hall–Kier alpha value is -1.10. The van der Waals surface area contributed by atoms with Gasteiger partial charge in [-0.15, -0.1) is 0 Å². The average molecular weight is 196 g/mol. The summed E-state index contributed by atoms with van der Waals surface area (Å²) in [4.78, 5) is 0. The van der Waals surface area contributed by atoms with Crippen LogP contribution in [0.1, 0.15) is 18.1 Å². The van der Waals surface area contributed by atoms with Crippen LogP contribution in [0.4, 0.5) is 5.69 Å². The van der Waals surface area contributed by atoms with Crippen molar-refractivity contribution in [2.75, 3.05) is 12.3 Å². The number of anilines is 1. The lowest BCUT2D eigenvalue weighted by Gasteiger charge is -2.18. The molecule has 0 aliphatic carbocycles. The smallest absolute Gasteiger partial charge is 0.0941 e. The van der Waals surface area contributed by atoms with Gasteiger partial charge in [0.2, 0.25) is 0 Å². The van der Waals surface area contributed by atoms with E-state index >= 15 is 0 Å². The highest BCUT2D eigenvalue weighted by Crippen LogP contribution is 2.18. The van der Waals surface area contributed by atoms with Crippen molar-refractivity contribution in [2.24, 2.45) is 5.73 Å². The summed E-state index contributed by atoms with van der Waals surface area (Å²) in [5, 5.41) is 18.4. The molecule has 1 aromatic rings. The van der Waals surface area contributed by atoms with Gasteiger partial charge in [0.15, 0.2) is 0 Å². The van der Waals surface area contributed by atoms with Crippen molar-refractivity contribution < 1.29 is 10.2 Å². The predicted octanol–water partition coefficient (Wildman–Crippen LogP) is 0.0119. The summed E-state index contributed by atoms with van der Waals surface area (Å²) in [5.41, 5.74) is 12.5. The second kappa shape index (κ2) is 4.95. The van der Waals surface area contributed by atoms with E-state index in [0.29, 0.717) is 12.1 Å². The number of hydrogen-bond acceptors (Lipinski definition) is 4. The van der Waals surface area contributed by atoms with Crippen molar-refractivity contribution in [3.63, 3.8) is 0 Å². The van der Waals surface area contributed by atoms with E-state index in [0.717, 1.165) is 5.56 Å². The highest BCUT2D eigenvalue weighted by molar-refractivity contribution is 5.40. The summed E-state index contributed by atoms with van der Waals surface area (Å²) in [6.45, 7) is -0.0206. The number of nitrogen functional groups attached to an aromatic ring is 1. The van der Waals surface area contributed by atoms with Crippen LogP contribution in [0.5, 0.6) is 0 Å². The number of aliphatic hydroxyl groups is 2. The molecule has 0 aliphatic heterocycles. The van der Waals surface area contributed by atoms with Gasteiger partial charge in [-0.25, -0.2) is 0 Å². The number of rotatable bonds is 4. The van der Waals surface area contributed by atoms with E-state index in [1.807, 2.05) is 0 Å². The first kappa shape index (κ1) is 11.0. The zero-order valence-corrected chi connectivity index (χ0v) is 7.93. The van der Waals surface area contributed by atoms with Crippen molar-refractivity contribution in [1.29, 1.82) is 0 Å². The fourth-order valence-corrected chi connectivity index (χ4v) is 1.25. The second-order valence-electron chi connectivity index (χ2n) is 3.29. The third-order valence-electron chi connectivity index (χ3n) is 2.15. The fourth-order valence-electron chi connectivity index (χ4n) is 1.25. The predicted molar refractivity (Wildman–Crippen MR) is 55.5 cm³/mol. The van der Waals surface area contributed by atoms with E-state index in [1.54, 1.807) is 24.3 Å². The summed E-state index contributed by atoms with van der Waals surface area (Å²) in [6.07, 6.45) is -0.367. The van der Waals surface area contributed by atoms with E-state index in [4.69, 9.17) is 16.6 Å². The molecule has 6 N–H and O–H groups in total. The van der Waals surface area contributed by atoms with Crippen LogP contribution in [0.15, 0.2) is 24.3 Å². The van der Waals surface area contributed by atoms with E-state index < -0.39 is 12.1 Å². The Morgan fingerprint density at radius 3 is 2.29 bits per heavy atom. The quantitative estimate of drug-likeness (QED) is 0.510. The molecule has 0 radical (unpaired) electrons. The number of hydrogen-bond donors (Lipinski definition) is 4. The molecule has 0 bridgehead atoms. The second-order valence-corrected chi connectivity index (χ2v) is 3.29. The van der Waals surface area contributed by atoms with Gasteiger partial charge in [-0.1, -0.05) is 12.1 Å². The molecule has 0 aliphatic rings. The molecular formula is C10H16N2O2. The molecule has 0 heterocycles. The first-order chi connectivity index (χ1) is 6.65. The van der Waals surface area contributed by atoms with E-state index in [2.05, 4.69) is 0 Å². The van der Waals surface area contributed by atoms with Crippen molar-refractivity contribution in [1.82, 2.24) is 0 Å². The molecule has 1 aromatic carbocycles. The van der Waals surface area contributed by atoms with Crippen molar-refractivity contribution in [3.8, 4) is 0 Å². The zero-order chi connectivity index (χ0) is 10.6. The molecule has 2 atom stereocenters. The maximum Gasteiger partial charge on any atom is 0.0941 e. The summed E-state index contributed by atoms with van der Waals surface area (Å²) < 4.78 is 0. The Bertz CT molecular complexity index is 274. The Morgan fingerprint density at radius 2 is 1.79 bits per heavy atom. The highest BCUT2D eigenvalue weighted by Gasteiger charge is 2.15. The summed E-state index contributed by atoms with van der Waals surface area (Å²) in [7, 11) is 0. The standard InChI is InChI=1S/C10H16N2O2/c11-8-3-1-7(2-4-8)10(14)9(12)5-6-13/h1-4,9-10,13-14H,5-6,11-12H2. The Labute approximate surface area is 83.2 Å². The van der Waals surface area contributed by atoms with Crippen molar-refractivity contribution >= 4 is 5.69 Å². The molecule has 4 nitrogen and oxygen atoms in total. The lowest BCUT2D eigenvalue weighted by Crippen LogP contribution is -2.29. The van der Waals surface area contributed by atoms with E-state index in [9.17, 15) is 5.11 Å². The van der Waals surface area contributed by atoms with Crippen LogP contribution in [0.2, 0.25) is 0 Å². The molecule has 1 rings (SSSR count). The van der Waals surface area contributed by atoms with Crippen molar-refractivity contribution in [2.45, 2.75) is 18.6 Å². The van der Waals surface area contributed by atoms with Crippen LogP contribution in [-0.2, 0) is 0 Å². The lowest BCUT2D eigenvalue weighted by atomic mass is 10.0. The normalized spacial score (nSPS) is 15.1. The zero-order valence-electron chi connectivity index (χ0n) is 7.93. The molecule has 78 valence electrons. The highest BCUT2D eigenvalue weighted by atomic mass is 16.3. The Balaban J connectivity index is 2.68. The average Bonchev–Trinajstić information content (AvgIpc) is 2.18. The molecule has 0 saturated carbocycles. The van der Waals surface area contributed by atoms with Crippen LogP contribution in [0, 0.1) is 0 Å². The first-order valence-electron chi connectivity index (χ1n) is 4.55. The molecule has 14 heavy (non-hydrogen) atoms. The van der Waals surface area contributed by atoms with E-state index in [-0.39, 0.29) is 6.61 Å². The van der Waals surface area contributed by atoms with Crippen LogP contribution < -0.4 is 11.5 Å². The maximum absolute atomic E-state index is 9.73. The maximum atomic E-state index is 9.73. The molecule has 4 heteroatoms. The third-order valence-corrected chi connectivity index (χ3v) is 2.15. The van der Waals surface area contributed by atoms with Crippen LogP contribution >= 0.6 is 0 Å². The first-order valence-corrected chi connectivity index (χ1v) is 4.55. The number of nitrogens with two attached hydrogens (primary N) is 2. The monoisotopic (exact) mass is 196 g/mol. The van der Waals surface area contributed by atoms with Gasteiger partial charge in [-0.3, -0.25) is 0 Å². The third kappa shape index (κ3) is 2.70. The minimum atomic E-state index is -0.747. The molecule has 0 amide bonds. The Morgan fingerprint density at radius 1 is 1.21 bits per heavy atom. The van der Waals surface area contributed by atoms with Gasteiger partial charge < -0.3 is 21.7 Å². The summed E-state index contributed by atoms with van der Waals surface area (Å²) in [5.74, 6) is 0. The van der Waals surface area contributed by atoms with Gasteiger partial charge in [-0.05, 0) is 24.1 Å². The van der Waals surface area contributed by atoms with Gasteiger partial charge in [0.25, 0.3) is 0 Å². The van der Waals surface area contributed by atoms with Gasteiger partial charge in [0, 0.05) is 18.3 Å². The van der Waals surface area contributed by atoms with Crippen LogP contribution in [0.25, 0.3) is 0 Å². The minimum Gasteiger partial charge on any atom is -0.399 e. The van der Waals surface area contributed by atoms with Crippen LogP contribution in [0.3, 0.4) is 0 Å². The molecule has 0 saturated heterocycles.